The Balaban J connectivity index is 1.76. The van der Waals surface area contributed by atoms with Gasteiger partial charge < -0.3 is 19.7 Å². The summed E-state index contributed by atoms with van der Waals surface area (Å²) in [6, 6.07) is 8.31. The molecule has 4 nitrogen and oxygen atoms in total. The summed E-state index contributed by atoms with van der Waals surface area (Å²) in [6.45, 7) is 4.89. The Bertz CT molecular complexity index is 424. The van der Waals surface area contributed by atoms with Crippen molar-refractivity contribution in [2.24, 2.45) is 0 Å². The molecule has 2 aliphatic heterocycles. The van der Waals surface area contributed by atoms with Crippen LogP contribution in [0.15, 0.2) is 24.3 Å². The van der Waals surface area contributed by atoms with Gasteiger partial charge in [-0.25, -0.2) is 0 Å². The quantitative estimate of drug-likeness (QED) is 0.879. The number of anilines is 1. The zero-order chi connectivity index (χ0) is 13.1. The second-order valence-electron chi connectivity index (χ2n) is 5.40. The van der Waals surface area contributed by atoms with E-state index < -0.39 is 0 Å². The van der Waals surface area contributed by atoms with E-state index in [1.165, 1.54) is 5.69 Å². The predicted octanol–water partition coefficient (Wildman–Crippen LogP) is 1.65. The standard InChI is InChI=1S/C15H22N2O2/c1-18-14-4-2-3-13(11-14)17-9-10-19-15(12-17)5-7-16-8-6-15/h2-4,11,16H,5-10,12H2,1H3. The fourth-order valence-electron chi connectivity index (χ4n) is 3.06. The molecule has 1 aromatic rings. The Morgan fingerprint density at radius 3 is 2.95 bits per heavy atom. The number of hydrogen-bond acceptors (Lipinski definition) is 4. The maximum Gasteiger partial charge on any atom is 0.120 e. The van der Waals surface area contributed by atoms with Gasteiger partial charge in [0.25, 0.3) is 0 Å². The molecule has 2 heterocycles. The first-order chi connectivity index (χ1) is 9.31. The maximum absolute atomic E-state index is 6.10. The summed E-state index contributed by atoms with van der Waals surface area (Å²) in [5.41, 5.74) is 1.28. The lowest BCUT2D eigenvalue weighted by atomic mass is 9.90. The molecule has 0 atom stereocenters. The van der Waals surface area contributed by atoms with E-state index in [1.54, 1.807) is 7.11 Å². The van der Waals surface area contributed by atoms with Crippen molar-refractivity contribution < 1.29 is 9.47 Å². The van der Waals surface area contributed by atoms with Gasteiger partial charge >= 0.3 is 0 Å². The SMILES string of the molecule is COc1cccc(N2CCOC3(CCNCC3)C2)c1. The summed E-state index contributed by atoms with van der Waals surface area (Å²) in [7, 11) is 1.72. The Morgan fingerprint density at radius 1 is 1.32 bits per heavy atom. The average molecular weight is 262 g/mol. The molecule has 4 heteroatoms. The van der Waals surface area contributed by atoms with Crippen molar-refractivity contribution in [2.75, 3.05) is 44.8 Å². The molecule has 1 spiro atoms. The van der Waals surface area contributed by atoms with Gasteiger partial charge in [0.05, 0.1) is 19.3 Å². The number of nitrogens with zero attached hydrogens (tertiary/aromatic N) is 1. The number of rotatable bonds is 2. The minimum atomic E-state index is 0.0482. The lowest BCUT2D eigenvalue weighted by Crippen LogP contribution is -2.56. The Kier molecular flexibility index (Phi) is 3.62. The highest BCUT2D eigenvalue weighted by molar-refractivity contribution is 5.51. The third kappa shape index (κ3) is 2.69. The molecular formula is C15H22N2O2. The van der Waals surface area contributed by atoms with Gasteiger partial charge in [-0.1, -0.05) is 6.07 Å². The summed E-state index contributed by atoms with van der Waals surface area (Å²) < 4.78 is 11.4. The van der Waals surface area contributed by atoms with E-state index in [0.717, 1.165) is 51.4 Å². The third-order valence-corrected chi connectivity index (χ3v) is 4.18. The number of methoxy groups -OCH3 is 1. The molecule has 0 aromatic heterocycles. The lowest BCUT2D eigenvalue weighted by Gasteiger charge is -2.46. The summed E-state index contributed by atoms with van der Waals surface area (Å²) in [4.78, 5) is 2.43. The van der Waals surface area contributed by atoms with Crippen molar-refractivity contribution in [2.45, 2.75) is 18.4 Å². The van der Waals surface area contributed by atoms with Gasteiger partial charge in [-0.05, 0) is 38.1 Å². The molecule has 2 saturated heterocycles. The lowest BCUT2D eigenvalue weighted by molar-refractivity contribution is -0.0738. The molecule has 19 heavy (non-hydrogen) atoms. The summed E-state index contributed by atoms with van der Waals surface area (Å²) in [5.74, 6) is 0.920. The number of ether oxygens (including phenoxy) is 2. The van der Waals surface area contributed by atoms with Crippen LogP contribution in [0.4, 0.5) is 5.69 Å². The maximum atomic E-state index is 6.10. The molecular weight excluding hydrogens is 240 g/mol. The summed E-state index contributed by atoms with van der Waals surface area (Å²) >= 11 is 0. The number of piperidine rings is 1. The highest BCUT2D eigenvalue weighted by Gasteiger charge is 2.37. The van der Waals surface area contributed by atoms with Crippen LogP contribution in [0.3, 0.4) is 0 Å². The van der Waals surface area contributed by atoms with Crippen LogP contribution >= 0.6 is 0 Å². The van der Waals surface area contributed by atoms with Crippen LogP contribution in [-0.2, 0) is 4.74 Å². The van der Waals surface area contributed by atoms with E-state index in [9.17, 15) is 0 Å². The van der Waals surface area contributed by atoms with Gasteiger partial charge in [-0.15, -0.1) is 0 Å². The molecule has 2 fully saturated rings. The predicted molar refractivity (Wildman–Crippen MR) is 76.0 cm³/mol. The normalized spacial score (nSPS) is 22.5. The van der Waals surface area contributed by atoms with Crippen LogP contribution in [0.25, 0.3) is 0 Å². The van der Waals surface area contributed by atoms with Crippen molar-refractivity contribution in [1.82, 2.24) is 5.32 Å². The molecule has 2 aliphatic rings. The van der Waals surface area contributed by atoms with E-state index in [-0.39, 0.29) is 5.60 Å². The molecule has 0 bridgehead atoms. The first-order valence-electron chi connectivity index (χ1n) is 7.05. The van der Waals surface area contributed by atoms with Crippen molar-refractivity contribution >= 4 is 5.69 Å². The fourth-order valence-corrected chi connectivity index (χ4v) is 3.06. The van der Waals surface area contributed by atoms with Crippen LogP contribution in [0.5, 0.6) is 5.75 Å². The molecule has 0 amide bonds. The monoisotopic (exact) mass is 262 g/mol. The van der Waals surface area contributed by atoms with Crippen LogP contribution in [-0.4, -0.2) is 45.5 Å². The topological polar surface area (TPSA) is 33.7 Å². The number of hydrogen-bond donors (Lipinski definition) is 1. The van der Waals surface area contributed by atoms with Gasteiger partial charge in [0, 0.05) is 24.8 Å². The zero-order valence-corrected chi connectivity index (χ0v) is 11.5. The highest BCUT2D eigenvalue weighted by Crippen LogP contribution is 2.31. The molecule has 0 unspecified atom stereocenters. The van der Waals surface area contributed by atoms with Crippen molar-refractivity contribution in [1.29, 1.82) is 0 Å². The third-order valence-electron chi connectivity index (χ3n) is 4.18. The van der Waals surface area contributed by atoms with Crippen LogP contribution in [0.1, 0.15) is 12.8 Å². The molecule has 1 N–H and O–H groups in total. The van der Waals surface area contributed by atoms with E-state index in [0.29, 0.717) is 0 Å². The van der Waals surface area contributed by atoms with Crippen LogP contribution in [0, 0.1) is 0 Å². The Labute approximate surface area is 114 Å². The first-order valence-corrected chi connectivity index (χ1v) is 7.05. The number of nitrogens with one attached hydrogen (secondary N) is 1. The number of benzene rings is 1. The molecule has 1 aromatic carbocycles. The smallest absolute Gasteiger partial charge is 0.120 e. The fraction of sp³-hybridized carbons (Fsp3) is 0.600. The zero-order valence-electron chi connectivity index (χ0n) is 11.5. The van der Waals surface area contributed by atoms with Crippen LogP contribution < -0.4 is 15.0 Å². The van der Waals surface area contributed by atoms with Crippen LogP contribution in [0.2, 0.25) is 0 Å². The second-order valence-corrected chi connectivity index (χ2v) is 5.40. The average Bonchev–Trinajstić information content (AvgIpc) is 2.48. The van der Waals surface area contributed by atoms with Gasteiger partial charge in [0.1, 0.15) is 5.75 Å². The molecule has 3 rings (SSSR count). The van der Waals surface area contributed by atoms with Gasteiger partial charge in [-0.2, -0.15) is 0 Å². The largest absolute Gasteiger partial charge is 0.497 e. The highest BCUT2D eigenvalue weighted by atomic mass is 16.5. The van der Waals surface area contributed by atoms with E-state index in [4.69, 9.17) is 9.47 Å². The minimum absolute atomic E-state index is 0.0482. The Morgan fingerprint density at radius 2 is 2.16 bits per heavy atom. The van der Waals surface area contributed by atoms with E-state index in [2.05, 4.69) is 28.4 Å². The van der Waals surface area contributed by atoms with E-state index in [1.807, 2.05) is 6.07 Å². The van der Waals surface area contributed by atoms with Crippen molar-refractivity contribution in [3.05, 3.63) is 24.3 Å². The van der Waals surface area contributed by atoms with Crippen molar-refractivity contribution in [3.8, 4) is 5.75 Å². The first kappa shape index (κ1) is 12.8. The molecule has 0 aliphatic carbocycles. The van der Waals surface area contributed by atoms with Gasteiger partial charge in [-0.3, -0.25) is 0 Å². The summed E-state index contributed by atoms with van der Waals surface area (Å²) in [6.07, 6.45) is 2.21. The second kappa shape index (κ2) is 5.39. The molecule has 104 valence electrons. The van der Waals surface area contributed by atoms with E-state index >= 15 is 0 Å². The van der Waals surface area contributed by atoms with Gasteiger partial charge in [0.15, 0.2) is 0 Å². The Hall–Kier alpha value is -1.26. The summed E-state index contributed by atoms with van der Waals surface area (Å²) in [5, 5.41) is 3.41. The molecule has 0 saturated carbocycles. The van der Waals surface area contributed by atoms with Crippen molar-refractivity contribution in [3.63, 3.8) is 0 Å². The minimum Gasteiger partial charge on any atom is -0.497 e. The molecule has 0 radical (unpaired) electrons. The number of morpholine rings is 1. The van der Waals surface area contributed by atoms with Gasteiger partial charge in [0.2, 0.25) is 0 Å².